The molecule has 1 rings (SSSR count). The Bertz CT molecular complexity index is 450. The van der Waals surface area contributed by atoms with Gasteiger partial charge in [0.1, 0.15) is 11.4 Å². The SMILES string of the molecule is CCOS(=O)(=O)CC(C)(O)c1ccc(Cl)s1. The molecule has 1 aromatic rings. The highest BCUT2D eigenvalue weighted by Crippen LogP contribution is 2.32. The van der Waals surface area contributed by atoms with Crippen LogP contribution in [0.25, 0.3) is 0 Å². The van der Waals surface area contributed by atoms with E-state index in [4.69, 9.17) is 11.6 Å². The average Bonchev–Trinajstić information content (AvgIpc) is 2.49. The molecule has 0 fully saturated rings. The molecule has 0 bridgehead atoms. The highest BCUT2D eigenvalue weighted by Gasteiger charge is 2.32. The maximum absolute atomic E-state index is 11.4. The maximum atomic E-state index is 11.4. The quantitative estimate of drug-likeness (QED) is 0.840. The van der Waals surface area contributed by atoms with E-state index in [2.05, 4.69) is 4.18 Å². The van der Waals surface area contributed by atoms with Gasteiger partial charge in [-0.3, -0.25) is 4.18 Å². The fourth-order valence-corrected chi connectivity index (χ4v) is 3.70. The summed E-state index contributed by atoms with van der Waals surface area (Å²) in [6, 6.07) is 3.22. The van der Waals surface area contributed by atoms with Crippen LogP contribution in [0.1, 0.15) is 18.7 Å². The Balaban J connectivity index is 2.87. The lowest BCUT2D eigenvalue weighted by atomic mass is 10.1. The van der Waals surface area contributed by atoms with Gasteiger partial charge < -0.3 is 5.11 Å². The van der Waals surface area contributed by atoms with Crippen molar-refractivity contribution in [2.45, 2.75) is 19.4 Å². The van der Waals surface area contributed by atoms with Gasteiger partial charge in [0.2, 0.25) is 0 Å². The predicted octanol–water partition coefficient (Wildman–Crippen LogP) is 1.98. The van der Waals surface area contributed by atoms with Gasteiger partial charge in [0.15, 0.2) is 0 Å². The molecule has 1 unspecified atom stereocenters. The van der Waals surface area contributed by atoms with Gasteiger partial charge in [-0.25, -0.2) is 0 Å². The molecule has 0 aliphatic carbocycles. The summed E-state index contributed by atoms with van der Waals surface area (Å²) >= 11 is 6.87. The van der Waals surface area contributed by atoms with Gasteiger partial charge in [-0.05, 0) is 26.0 Å². The zero-order chi connectivity index (χ0) is 12.4. The molecule has 0 saturated heterocycles. The standard InChI is InChI=1S/C9H13ClO4S2/c1-3-14-16(12,13)6-9(2,11)7-4-5-8(10)15-7/h4-5,11H,3,6H2,1-2H3. The van der Waals surface area contributed by atoms with E-state index in [1.165, 1.54) is 6.92 Å². The van der Waals surface area contributed by atoms with Gasteiger partial charge in [-0.15, -0.1) is 11.3 Å². The van der Waals surface area contributed by atoms with Crippen LogP contribution in [-0.2, 0) is 19.9 Å². The third-order valence-corrected chi connectivity index (χ3v) is 4.85. The maximum Gasteiger partial charge on any atom is 0.270 e. The number of hydrogen-bond acceptors (Lipinski definition) is 5. The van der Waals surface area contributed by atoms with Crippen molar-refractivity contribution in [1.82, 2.24) is 0 Å². The minimum atomic E-state index is -3.71. The van der Waals surface area contributed by atoms with E-state index in [1.807, 2.05) is 0 Å². The molecule has 0 aliphatic heterocycles. The molecular formula is C9H13ClO4S2. The smallest absolute Gasteiger partial charge is 0.270 e. The molecule has 92 valence electrons. The molecule has 0 saturated carbocycles. The fourth-order valence-electron chi connectivity index (χ4n) is 1.24. The Morgan fingerprint density at radius 3 is 2.62 bits per heavy atom. The summed E-state index contributed by atoms with van der Waals surface area (Å²) < 4.78 is 27.9. The summed E-state index contributed by atoms with van der Waals surface area (Å²) in [6.45, 7) is 3.06. The Morgan fingerprint density at radius 2 is 2.19 bits per heavy atom. The Morgan fingerprint density at radius 1 is 1.56 bits per heavy atom. The van der Waals surface area contributed by atoms with Gasteiger partial charge in [-0.2, -0.15) is 8.42 Å². The first-order valence-electron chi connectivity index (χ1n) is 4.62. The van der Waals surface area contributed by atoms with Crippen LogP contribution in [0, 0.1) is 0 Å². The molecule has 1 N–H and O–H groups in total. The van der Waals surface area contributed by atoms with E-state index in [0.717, 1.165) is 11.3 Å². The van der Waals surface area contributed by atoms with Crippen molar-refractivity contribution in [2.75, 3.05) is 12.4 Å². The van der Waals surface area contributed by atoms with Crippen molar-refractivity contribution in [3.63, 3.8) is 0 Å². The Hall–Kier alpha value is -0.140. The van der Waals surface area contributed by atoms with Crippen LogP contribution in [-0.4, -0.2) is 25.9 Å². The number of halogens is 1. The fraction of sp³-hybridized carbons (Fsp3) is 0.556. The molecule has 0 radical (unpaired) electrons. The first-order valence-corrected chi connectivity index (χ1v) is 7.39. The predicted molar refractivity (Wildman–Crippen MR) is 64.3 cm³/mol. The minimum Gasteiger partial charge on any atom is -0.383 e. The highest BCUT2D eigenvalue weighted by atomic mass is 35.5. The van der Waals surface area contributed by atoms with Crippen molar-refractivity contribution in [1.29, 1.82) is 0 Å². The Labute approximate surface area is 104 Å². The first kappa shape index (κ1) is 13.9. The largest absolute Gasteiger partial charge is 0.383 e. The summed E-state index contributed by atoms with van der Waals surface area (Å²) in [5.41, 5.74) is -1.48. The molecule has 1 atom stereocenters. The number of aliphatic hydroxyl groups is 1. The van der Waals surface area contributed by atoms with Crippen molar-refractivity contribution in [3.05, 3.63) is 21.3 Å². The van der Waals surface area contributed by atoms with Crippen molar-refractivity contribution >= 4 is 33.1 Å². The van der Waals surface area contributed by atoms with Crippen LogP contribution in [0.4, 0.5) is 0 Å². The van der Waals surface area contributed by atoms with Gasteiger partial charge in [0.05, 0.1) is 10.9 Å². The summed E-state index contributed by atoms with van der Waals surface area (Å²) in [5.74, 6) is -0.481. The lowest BCUT2D eigenvalue weighted by Gasteiger charge is -2.20. The molecule has 16 heavy (non-hydrogen) atoms. The van der Waals surface area contributed by atoms with E-state index in [1.54, 1.807) is 19.1 Å². The van der Waals surface area contributed by atoms with E-state index in [-0.39, 0.29) is 6.61 Å². The summed E-state index contributed by atoms with van der Waals surface area (Å²) in [6.07, 6.45) is 0. The monoisotopic (exact) mass is 284 g/mol. The molecule has 0 aliphatic rings. The van der Waals surface area contributed by atoms with Gasteiger partial charge in [0, 0.05) is 4.88 Å². The first-order chi connectivity index (χ1) is 7.27. The second-order valence-electron chi connectivity index (χ2n) is 3.49. The van der Waals surface area contributed by atoms with Gasteiger partial charge in [0.25, 0.3) is 10.1 Å². The summed E-state index contributed by atoms with van der Waals surface area (Å²) in [4.78, 5) is 0.501. The molecular weight excluding hydrogens is 272 g/mol. The number of hydrogen-bond donors (Lipinski definition) is 1. The van der Waals surface area contributed by atoms with Crippen LogP contribution in [0.5, 0.6) is 0 Å². The lowest BCUT2D eigenvalue weighted by molar-refractivity contribution is 0.0830. The average molecular weight is 285 g/mol. The van der Waals surface area contributed by atoms with E-state index in [0.29, 0.717) is 9.21 Å². The van der Waals surface area contributed by atoms with Crippen molar-refractivity contribution < 1.29 is 17.7 Å². The summed E-state index contributed by atoms with van der Waals surface area (Å²) in [7, 11) is -3.71. The molecule has 1 aromatic heterocycles. The normalized spacial score (nSPS) is 16.0. The minimum absolute atomic E-state index is 0.0591. The zero-order valence-electron chi connectivity index (χ0n) is 8.94. The molecule has 7 heteroatoms. The van der Waals surface area contributed by atoms with E-state index >= 15 is 0 Å². The molecule has 1 heterocycles. The topological polar surface area (TPSA) is 63.6 Å². The molecule has 4 nitrogen and oxygen atoms in total. The summed E-state index contributed by atoms with van der Waals surface area (Å²) in [5, 5.41) is 10.1. The van der Waals surface area contributed by atoms with E-state index < -0.39 is 21.5 Å². The van der Waals surface area contributed by atoms with Crippen LogP contribution < -0.4 is 0 Å². The van der Waals surface area contributed by atoms with Crippen LogP contribution >= 0.6 is 22.9 Å². The van der Waals surface area contributed by atoms with Crippen LogP contribution in [0.3, 0.4) is 0 Å². The lowest BCUT2D eigenvalue weighted by Crippen LogP contribution is -2.31. The second kappa shape index (κ2) is 5.01. The van der Waals surface area contributed by atoms with Crippen LogP contribution in [0.2, 0.25) is 4.34 Å². The van der Waals surface area contributed by atoms with E-state index in [9.17, 15) is 13.5 Å². The van der Waals surface area contributed by atoms with Crippen molar-refractivity contribution in [3.8, 4) is 0 Å². The van der Waals surface area contributed by atoms with Gasteiger partial charge in [-0.1, -0.05) is 11.6 Å². The highest BCUT2D eigenvalue weighted by molar-refractivity contribution is 7.86. The number of thiophene rings is 1. The molecule has 0 aromatic carbocycles. The van der Waals surface area contributed by atoms with Crippen LogP contribution in [0.15, 0.2) is 12.1 Å². The molecule has 0 amide bonds. The van der Waals surface area contributed by atoms with Gasteiger partial charge >= 0.3 is 0 Å². The third-order valence-electron chi connectivity index (χ3n) is 1.86. The number of rotatable bonds is 5. The molecule has 0 spiro atoms. The second-order valence-corrected chi connectivity index (χ2v) is 6.84. The third kappa shape index (κ3) is 3.71. The van der Waals surface area contributed by atoms with Crippen molar-refractivity contribution in [2.24, 2.45) is 0 Å². The zero-order valence-corrected chi connectivity index (χ0v) is 11.3. The Kier molecular flexibility index (Phi) is 4.36.